The molecule has 2 saturated heterocycles. The number of carbonyl (C=O) groups excluding carboxylic acids is 2. The molecular weight excluding hydrogens is 326 g/mol. The highest BCUT2D eigenvalue weighted by Gasteiger charge is 2.27. The van der Waals surface area contributed by atoms with E-state index in [1.54, 1.807) is 0 Å². The number of carbonyl (C=O) groups is 2. The molecule has 2 unspecified atom stereocenters. The van der Waals surface area contributed by atoms with Crippen LogP contribution in [-0.2, 0) is 9.59 Å². The first-order valence-electron chi connectivity index (χ1n) is 9.51. The van der Waals surface area contributed by atoms with Crippen LogP contribution in [0.15, 0.2) is 0 Å². The van der Waals surface area contributed by atoms with Crippen molar-refractivity contribution in [1.29, 1.82) is 0 Å². The lowest BCUT2D eigenvalue weighted by Gasteiger charge is -2.34. The van der Waals surface area contributed by atoms with E-state index in [0.717, 1.165) is 64.1 Å². The van der Waals surface area contributed by atoms with Gasteiger partial charge in [0.25, 0.3) is 0 Å². The lowest BCUT2D eigenvalue weighted by atomic mass is 9.82. The van der Waals surface area contributed by atoms with Crippen molar-refractivity contribution in [2.75, 3.05) is 26.2 Å². The van der Waals surface area contributed by atoms with Crippen LogP contribution >= 0.6 is 12.4 Å². The van der Waals surface area contributed by atoms with E-state index < -0.39 is 0 Å². The second kappa shape index (κ2) is 9.62. The van der Waals surface area contributed by atoms with Crippen molar-refractivity contribution < 1.29 is 9.59 Å². The summed E-state index contributed by atoms with van der Waals surface area (Å²) in [4.78, 5) is 26.5. The Hall–Kier alpha value is -0.810. The van der Waals surface area contributed by atoms with Crippen molar-refractivity contribution in [3.8, 4) is 0 Å². The van der Waals surface area contributed by atoms with Crippen LogP contribution in [0, 0.1) is 11.8 Å². The van der Waals surface area contributed by atoms with Crippen LogP contribution in [-0.4, -0.2) is 48.9 Å². The van der Waals surface area contributed by atoms with Gasteiger partial charge in [0, 0.05) is 26.1 Å². The van der Waals surface area contributed by atoms with E-state index in [4.69, 9.17) is 0 Å². The number of rotatable bonds is 6. The lowest BCUT2D eigenvalue weighted by molar-refractivity contribution is -0.133. The molecule has 2 atom stereocenters. The third-order valence-corrected chi connectivity index (χ3v) is 5.80. The van der Waals surface area contributed by atoms with Crippen LogP contribution in [0.2, 0.25) is 0 Å². The van der Waals surface area contributed by atoms with Gasteiger partial charge in [0.2, 0.25) is 11.8 Å². The summed E-state index contributed by atoms with van der Waals surface area (Å²) >= 11 is 0. The maximum Gasteiger partial charge on any atom is 0.237 e. The number of nitrogens with zero attached hydrogens (tertiary/aromatic N) is 1. The van der Waals surface area contributed by atoms with Gasteiger partial charge in [0.05, 0.1) is 6.04 Å². The molecule has 0 bridgehead atoms. The number of hydrogen-bond acceptors (Lipinski definition) is 3. The van der Waals surface area contributed by atoms with Gasteiger partial charge in [-0.15, -0.1) is 12.4 Å². The summed E-state index contributed by atoms with van der Waals surface area (Å²) in [6.45, 7) is 3.38. The van der Waals surface area contributed by atoms with E-state index in [2.05, 4.69) is 10.6 Å². The summed E-state index contributed by atoms with van der Waals surface area (Å²) in [5.41, 5.74) is 0. The standard InChI is InChI=1S/C18H31N3O2.ClH/c22-17(9-8-14-4-1-5-14)21-11-3-6-15(13-21)12-20-18(23)16-7-2-10-19-16;/h14-16,19H,1-13H2,(H,20,23);1H. The average Bonchev–Trinajstić information content (AvgIpc) is 3.06. The smallest absolute Gasteiger partial charge is 0.237 e. The molecule has 0 radical (unpaired) electrons. The Morgan fingerprint density at radius 3 is 2.50 bits per heavy atom. The zero-order valence-electron chi connectivity index (χ0n) is 14.6. The van der Waals surface area contributed by atoms with Gasteiger partial charge in [-0.25, -0.2) is 0 Å². The summed E-state index contributed by atoms with van der Waals surface area (Å²) in [6, 6.07) is -0.00111. The predicted octanol–water partition coefficient (Wildman–Crippen LogP) is 2.10. The monoisotopic (exact) mass is 357 g/mol. The molecule has 0 aromatic heterocycles. The van der Waals surface area contributed by atoms with Gasteiger partial charge in [-0.2, -0.15) is 0 Å². The summed E-state index contributed by atoms with van der Waals surface area (Å²) in [7, 11) is 0. The van der Waals surface area contributed by atoms with Crippen LogP contribution in [0.5, 0.6) is 0 Å². The largest absolute Gasteiger partial charge is 0.354 e. The van der Waals surface area contributed by atoms with Crippen molar-refractivity contribution >= 4 is 24.2 Å². The molecule has 0 aromatic rings. The van der Waals surface area contributed by atoms with E-state index in [1.807, 2.05) is 4.90 Å². The zero-order valence-corrected chi connectivity index (χ0v) is 15.4. The first kappa shape index (κ1) is 19.5. The minimum atomic E-state index is -0.00111. The van der Waals surface area contributed by atoms with E-state index in [0.29, 0.717) is 18.4 Å². The van der Waals surface area contributed by atoms with Crippen molar-refractivity contribution in [2.24, 2.45) is 11.8 Å². The van der Waals surface area contributed by atoms with Crippen LogP contribution in [0.4, 0.5) is 0 Å². The number of likely N-dealkylation sites (tertiary alicyclic amines) is 1. The molecule has 2 N–H and O–H groups in total. The molecular formula is C18H32ClN3O2. The Bertz CT molecular complexity index is 422. The maximum atomic E-state index is 12.4. The molecule has 3 rings (SSSR count). The van der Waals surface area contributed by atoms with Crippen molar-refractivity contribution in [3.63, 3.8) is 0 Å². The predicted molar refractivity (Wildman–Crippen MR) is 97.2 cm³/mol. The number of piperidine rings is 1. The SMILES string of the molecule is Cl.O=C(NCC1CCCN(C(=O)CCC2CCC2)C1)C1CCCN1. The van der Waals surface area contributed by atoms with Crippen molar-refractivity contribution in [1.82, 2.24) is 15.5 Å². The fourth-order valence-electron chi connectivity index (χ4n) is 4.00. The number of halogens is 1. The quantitative estimate of drug-likeness (QED) is 0.765. The molecule has 1 saturated carbocycles. The molecule has 3 aliphatic rings. The van der Waals surface area contributed by atoms with Crippen molar-refractivity contribution in [2.45, 2.75) is 63.8 Å². The molecule has 1 aliphatic carbocycles. The number of nitrogens with one attached hydrogen (secondary N) is 2. The molecule has 138 valence electrons. The highest BCUT2D eigenvalue weighted by Crippen LogP contribution is 2.30. The summed E-state index contributed by atoms with van der Waals surface area (Å²) in [6.07, 6.45) is 9.99. The normalized spacial score (nSPS) is 27.2. The molecule has 2 aliphatic heterocycles. The van der Waals surface area contributed by atoms with E-state index in [1.165, 1.54) is 19.3 Å². The van der Waals surface area contributed by atoms with Gasteiger partial charge in [0.15, 0.2) is 0 Å². The van der Waals surface area contributed by atoms with Crippen LogP contribution in [0.3, 0.4) is 0 Å². The van der Waals surface area contributed by atoms with Gasteiger partial charge >= 0.3 is 0 Å². The van der Waals surface area contributed by atoms with Crippen LogP contribution < -0.4 is 10.6 Å². The number of hydrogen-bond donors (Lipinski definition) is 2. The molecule has 3 fully saturated rings. The van der Waals surface area contributed by atoms with Crippen LogP contribution in [0.1, 0.15) is 57.8 Å². The van der Waals surface area contributed by atoms with Gasteiger partial charge in [-0.1, -0.05) is 19.3 Å². The fourth-order valence-corrected chi connectivity index (χ4v) is 4.00. The topological polar surface area (TPSA) is 61.4 Å². The first-order chi connectivity index (χ1) is 11.2. The average molecular weight is 358 g/mol. The summed E-state index contributed by atoms with van der Waals surface area (Å²) in [5, 5.41) is 6.32. The molecule has 24 heavy (non-hydrogen) atoms. The highest BCUT2D eigenvalue weighted by atomic mass is 35.5. The molecule has 0 aromatic carbocycles. The minimum Gasteiger partial charge on any atom is -0.354 e. The van der Waals surface area contributed by atoms with E-state index >= 15 is 0 Å². The second-order valence-electron chi connectivity index (χ2n) is 7.58. The van der Waals surface area contributed by atoms with Crippen LogP contribution in [0.25, 0.3) is 0 Å². The van der Waals surface area contributed by atoms with Gasteiger partial charge in [-0.3, -0.25) is 9.59 Å². The Morgan fingerprint density at radius 1 is 1.04 bits per heavy atom. The first-order valence-corrected chi connectivity index (χ1v) is 9.51. The lowest BCUT2D eigenvalue weighted by Crippen LogP contribution is -2.46. The third-order valence-electron chi connectivity index (χ3n) is 5.80. The molecule has 0 spiro atoms. The van der Waals surface area contributed by atoms with Gasteiger partial charge < -0.3 is 15.5 Å². The highest BCUT2D eigenvalue weighted by molar-refractivity contribution is 5.85. The second-order valence-corrected chi connectivity index (χ2v) is 7.58. The Kier molecular flexibility index (Phi) is 7.82. The Morgan fingerprint density at radius 2 is 1.83 bits per heavy atom. The Labute approximate surface area is 151 Å². The van der Waals surface area contributed by atoms with E-state index in [9.17, 15) is 9.59 Å². The minimum absolute atomic E-state index is 0. The van der Waals surface area contributed by atoms with Gasteiger partial charge in [0.1, 0.15) is 0 Å². The molecule has 6 heteroatoms. The maximum absolute atomic E-state index is 12.4. The zero-order chi connectivity index (χ0) is 16.1. The molecule has 2 heterocycles. The number of amides is 2. The summed E-state index contributed by atoms with van der Waals surface area (Å²) in [5.74, 6) is 1.68. The van der Waals surface area contributed by atoms with E-state index in [-0.39, 0.29) is 24.4 Å². The molecule has 5 nitrogen and oxygen atoms in total. The summed E-state index contributed by atoms with van der Waals surface area (Å²) < 4.78 is 0. The third kappa shape index (κ3) is 5.35. The Balaban J connectivity index is 0.00000208. The van der Waals surface area contributed by atoms with Gasteiger partial charge in [-0.05, 0) is 50.5 Å². The van der Waals surface area contributed by atoms with Crippen molar-refractivity contribution in [3.05, 3.63) is 0 Å². The fraction of sp³-hybridized carbons (Fsp3) is 0.889. The molecule has 2 amide bonds.